The van der Waals surface area contributed by atoms with E-state index in [-0.39, 0.29) is 0 Å². The minimum Gasteiger partial charge on any atom is -0.372 e. The molecule has 0 atom stereocenters. The summed E-state index contributed by atoms with van der Waals surface area (Å²) in [5, 5.41) is 0. The van der Waals surface area contributed by atoms with E-state index >= 15 is 0 Å². The zero-order valence-electron chi connectivity index (χ0n) is 6.84. The largest absolute Gasteiger partial charge is 0.372 e. The van der Waals surface area contributed by atoms with Crippen molar-refractivity contribution in [2.45, 2.75) is 19.8 Å². The zero-order valence-corrected chi connectivity index (χ0v) is 6.84. The maximum absolute atomic E-state index is 5.30. The van der Waals surface area contributed by atoms with Gasteiger partial charge in [-0.25, -0.2) is 0 Å². The lowest BCUT2D eigenvalue weighted by Gasteiger charge is -2.01. The first-order valence-corrected chi connectivity index (χ1v) is 4.02. The molecule has 3 N–H and O–H groups in total. The van der Waals surface area contributed by atoms with Gasteiger partial charge in [-0.2, -0.15) is 0 Å². The molecule has 2 rings (SSSR count). The van der Waals surface area contributed by atoms with Gasteiger partial charge in [0.15, 0.2) is 0 Å². The molecule has 1 heterocycles. The average Bonchev–Trinajstić information content (AvgIpc) is 2.51. The van der Waals surface area contributed by atoms with Crippen molar-refractivity contribution >= 4 is 0 Å². The second-order valence-electron chi connectivity index (χ2n) is 2.98. The second-order valence-corrected chi connectivity index (χ2v) is 2.98. The first-order chi connectivity index (χ1) is 5.90. The highest BCUT2D eigenvalue weighted by molar-refractivity contribution is 5.32. The quantitative estimate of drug-likeness (QED) is 0.499. The third-order valence-corrected chi connectivity index (χ3v) is 2.09. The van der Waals surface area contributed by atoms with Crippen molar-refractivity contribution in [1.29, 1.82) is 0 Å². The van der Waals surface area contributed by atoms with Gasteiger partial charge in [0, 0.05) is 6.54 Å². The minimum absolute atomic E-state index is 0.716. The average molecular weight is 164 g/mol. The predicted molar refractivity (Wildman–Crippen MR) is 46.0 cm³/mol. The van der Waals surface area contributed by atoms with Gasteiger partial charge in [-0.1, -0.05) is 18.2 Å². The Labute approximate surface area is 71.5 Å². The summed E-state index contributed by atoms with van der Waals surface area (Å²) < 4.78 is 5.30. The fraction of sp³-hybridized carbons (Fsp3) is 0.333. The second kappa shape index (κ2) is 3.23. The number of hydrogen-bond donors (Lipinski definition) is 2. The van der Waals surface area contributed by atoms with Crippen LogP contribution in [0.1, 0.15) is 16.7 Å². The van der Waals surface area contributed by atoms with Crippen molar-refractivity contribution in [2.24, 2.45) is 5.84 Å². The van der Waals surface area contributed by atoms with Crippen LogP contribution in [0.3, 0.4) is 0 Å². The van der Waals surface area contributed by atoms with Crippen LogP contribution in [0, 0.1) is 0 Å². The van der Waals surface area contributed by atoms with Crippen molar-refractivity contribution in [2.75, 3.05) is 0 Å². The molecule has 3 nitrogen and oxygen atoms in total. The van der Waals surface area contributed by atoms with Gasteiger partial charge in [0.1, 0.15) is 0 Å². The van der Waals surface area contributed by atoms with Gasteiger partial charge < -0.3 is 4.74 Å². The first kappa shape index (κ1) is 7.73. The van der Waals surface area contributed by atoms with E-state index in [2.05, 4.69) is 23.6 Å². The van der Waals surface area contributed by atoms with E-state index in [1.54, 1.807) is 0 Å². The number of hydrazine groups is 1. The Morgan fingerprint density at radius 2 is 2.17 bits per heavy atom. The molecule has 1 aliphatic rings. The predicted octanol–water partition coefficient (Wildman–Crippen LogP) is 0.680. The van der Waals surface area contributed by atoms with Crippen molar-refractivity contribution in [3.8, 4) is 0 Å². The SMILES string of the molecule is NNCc1ccc2c(c1)COC2. The van der Waals surface area contributed by atoms with Gasteiger partial charge in [-0.05, 0) is 16.7 Å². The molecular weight excluding hydrogens is 152 g/mol. The molecule has 0 radical (unpaired) electrons. The van der Waals surface area contributed by atoms with E-state index in [1.165, 1.54) is 16.7 Å². The lowest BCUT2D eigenvalue weighted by atomic mass is 10.1. The number of benzene rings is 1. The van der Waals surface area contributed by atoms with Crippen LogP contribution >= 0.6 is 0 Å². The molecule has 3 heteroatoms. The molecule has 64 valence electrons. The van der Waals surface area contributed by atoms with Crippen LogP contribution in [-0.2, 0) is 24.5 Å². The van der Waals surface area contributed by atoms with Crippen molar-refractivity contribution in [3.05, 3.63) is 34.9 Å². The molecule has 1 aliphatic heterocycles. The van der Waals surface area contributed by atoms with E-state index in [9.17, 15) is 0 Å². The van der Waals surface area contributed by atoms with Gasteiger partial charge in [-0.3, -0.25) is 11.3 Å². The number of fused-ring (bicyclic) bond motifs is 1. The minimum atomic E-state index is 0.716. The van der Waals surface area contributed by atoms with Gasteiger partial charge in [-0.15, -0.1) is 0 Å². The Bertz CT molecular complexity index is 286. The number of ether oxygens (including phenoxy) is 1. The maximum Gasteiger partial charge on any atom is 0.0725 e. The summed E-state index contributed by atoms with van der Waals surface area (Å²) >= 11 is 0. The monoisotopic (exact) mass is 164 g/mol. The highest BCUT2D eigenvalue weighted by atomic mass is 16.5. The smallest absolute Gasteiger partial charge is 0.0725 e. The van der Waals surface area contributed by atoms with E-state index in [4.69, 9.17) is 10.6 Å². The lowest BCUT2D eigenvalue weighted by Crippen LogP contribution is -2.20. The fourth-order valence-corrected chi connectivity index (χ4v) is 1.45. The van der Waals surface area contributed by atoms with E-state index in [1.807, 2.05) is 0 Å². The summed E-state index contributed by atoms with van der Waals surface area (Å²) in [5.74, 6) is 5.22. The van der Waals surface area contributed by atoms with Gasteiger partial charge in [0.2, 0.25) is 0 Å². The van der Waals surface area contributed by atoms with Crippen LogP contribution < -0.4 is 11.3 Å². The molecule has 0 bridgehead atoms. The molecule has 0 aromatic heterocycles. The van der Waals surface area contributed by atoms with Crippen LogP contribution in [0.5, 0.6) is 0 Å². The summed E-state index contributed by atoms with van der Waals surface area (Å²) in [6.45, 7) is 2.21. The highest BCUT2D eigenvalue weighted by Crippen LogP contribution is 2.20. The van der Waals surface area contributed by atoms with E-state index in [0.29, 0.717) is 6.54 Å². The lowest BCUT2D eigenvalue weighted by molar-refractivity contribution is 0.134. The standard InChI is InChI=1S/C9H12N2O/c10-11-4-7-1-2-8-5-12-6-9(8)3-7/h1-3,11H,4-6,10H2. The molecule has 1 aromatic carbocycles. The Hall–Kier alpha value is -0.900. The van der Waals surface area contributed by atoms with Crippen LogP contribution in [0.4, 0.5) is 0 Å². The molecule has 0 amide bonds. The molecule has 12 heavy (non-hydrogen) atoms. The summed E-state index contributed by atoms with van der Waals surface area (Å²) in [5.41, 5.74) is 6.44. The summed E-state index contributed by atoms with van der Waals surface area (Å²) in [4.78, 5) is 0. The molecule has 0 aliphatic carbocycles. The third-order valence-electron chi connectivity index (χ3n) is 2.09. The molecule has 1 aromatic rings. The maximum atomic E-state index is 5.30. The summed E-state index contributed by atoms with van der Waals surface area (Å²) in [6.07, 6.45) is 0. The highest BCUT2D eigenvalue weighted by Gasteiger charge is 2.10. The molecule has 0 saturated carbocycles. The molecule has 0 fully saturated rings. The zero-order chi connectivity index (χ0) is 8.39. The normalized spacial score (nSPS) is 14.8. The first-order valence-electron chi connectivity index (χ1n) is 4.02. The Kier molecular flexibility index (Phi) is 2.08. The van der Waals surface area contributed by atoms with Crippen molar-refractivity contribution in [1.82, 2.24) is 5.43 Å². The van der Waals surface area contributed by atoms with E-state index in [0.717, 1.165) is 13.2 Å². The van der Waals surface area contributed by atoms with Crippen LogP contribution in [0.25, 0.3) is 0 Å². The fourth-order valence-electron chi connectivity index (χ4n) is 1.45. The topological polar surface area (TPSA) is 47.3 Å². The Morgan fingerprint density at radius 1 is 1.33 bits per heavy atom. The number of nitrogens with two attached hydrogens (primary N) is 1. The van der Waals surface area contributed by atoms with Crippen LogP contribution in [-0.4, -0.2) is 0 Å². The van der Waals surface area contributed by atoms with Crippen LogP contribution in [0.15, 0.2) is 18.2 Å². The number of rotatable bonds is 2. The van der Waals surface area contributed by atoms with Crippen LogP contribution in [0.2, 0.25) is 0 Å². The molecular formula is C9H12N2O. The Morgan fingerprint density at radius 3 is 3.00 bits per heavy atom. The Balaban J connectivity index is 2.26. The number of hydrogen-bond acceptors (Lipinski definition) is 3. The summed E-state index contributed by atoms with van der Waals surface area (Å²) in [6, 6.07) is 6.32. The van der Waals surface area contributed by atoms with Crippen molar-refractivity contribution < 1.29 is 4.74 Å². The molecule has 0 spiro atoms. The third kappa shape index (κ3) is 1.34. The molecule has 0 saturated heterocycles. The number of nitrogens with one attached hydrogen (secondary N) is 1. The molecule has 0 unspecified atom stereocenters. The van der Waals surface area contributed by atoms with Gasteiger partial charge in [0.05, 0.1) is 13.2 Å². The van der Waals surface area contributed by atoms with Gasteiger partial charge in [0.25, 0.3) is 0 Å². The van der Waals surface area contributed by atoms with Gasteiger partial charge >= 0.3 is 0 Å². The summed E-state index contributed by atoms with van der Waals surface area (Å²) in [7, 11) is 0. The van der Waals surface area contributed by atoms with Crippen molar-refractivity contribution in [3.63, 3.8) is 0 Å². The van der Waals surface area contributed by atoms with E-state index < -0.39 is 0 Å².